The molecule has 0 unspecified atom stereocenters. The number of aromatic nitrogens is 1. The number of ether oxygens (including phenoxy) is 1. The van der Waals surface area contributed by atoms with E-state index >= 15 is 0 Å². The number of nitro groups is 1. The van der Waals surface area contributed by atoms with Gasteiger partial charge in [-0.05, 0) is 36.2 Å². The number of pyridine rings is 1. The first-order valence-corrected chi connectivity index (χ1v) is 6.14. The van der Waals surface area contributed by atoms with Crippen molar-refractivity contribution in [3.8, 4) is 5.75 Å². The molecule has 1 heterocycles. The Morgan fingerprint density at radius 3 is 2.81 bits per heavy atom. The van der Waals surface area contributed by atoms with Gasteiger partial charge in [-0.3, -0.25) is 20.5 Å². The Bertz CT molecular complexity index is 700. The van der Waals surface area contributed by atoms with Crippen LogP contribution in [0.3, 0.4) is 0 Å². The molecule has 0 atom stereocenters. The number of nitrogens with one attached hydrogen (secondary N) is 1. The second-order valence-electron chi connectivity index (χ2n) is 4.46. The van der Waals surface area contributed by atoms with Crippen LogP contribution < -0.4 is 10.5 Å². The van der Waals surface area contributed by atoms with Crippen LogP contribution in [0.1, 0.15) is 16.8 Å². The first kappa shape index (κ1) is 14.4. The number of non-ortho nitro benzene ring substituents is 1. The number of aryl methyl sites for hydroxylation is 1. The van der Waals surface area contributed by atoms with E-state index in [-0.39, 0.29) is 18.1 Å². The summed E-state index contributed by atoms with van der Waals surface area (Å²) in [4.78, 5) is 14.2. The van der Waals surface area contributed by atoms with Gasteiger partial charge in [-0.2, -0.15) is 0 Å². The molecule has 7 nitrogen and oxygen atoms in total. The lowest BCUT2D eigenvalue weighted by molar-refractivity contribution is -0.384. The van der Waals surface area contributed by atoms with E-state index in [1.165, 1.54) is 12.1 Å². The van der Waals surface area contributed by atoms with Crippen LogP contribution in [0.25, 0.3) is 0 Å². The van der Waals surface area contributed by atoms with Crippen molar-refractivity contribution in [2.45, 2.75) is 13.5 Å². The minimum atomic E-state index is -0.446. The number of benzene rings is 1. The van der Waals surface area contributed by atoms with E-state index in [0.29, 0.717) is 17.0 Å². The van der Waals surface area contributed by atoms with Crippen LogP contribution in [0.15, 0.2) is 36.5 Å². The van der Waals surface area contributed by atoms with Gasteiger partial charge in [0.2, 0.25) is 0 Å². The van der Waals surface area contributed by atoms with Gasteiger partial charge in [-0.25, -0.2) is 0 Å². The number of nitrogen functional groups attached to an aromatic ring is 1. The molecule has 1 aromatic heterocycles. The average Bonchev–Trinajstić information content (AvgIpc) is 2.46. The third-order valence-electron chi connectivity index (χ3n) is 2.86. The van der Waals surface area contributed by atoms with Crippen LogP contribution in [0.4, 0.5) is 5.69 Å². The standard InChI is InChI=1S/C14H14N4O3/c1-9-6-11(18(19)20)2-3-13(9)21-8-10-4-5-17-12(7-10)14(15)16/h2-7H,8H2,1H3,(H3,15,16). The Balaban J connectivity index is 2.11. The Morgan fingerprint density at radius 1 is 1.43 bits per heavy atom. The Kier molecular flexibility index (Phi) is 4.13. The van der Waals surface area contributed by atoms with Crippen LogP contribution in [0, 0.1) is 22.4 Å². The van der Waals surface area contributed by atoms with Crippen molar-refractivity contribution in [3.05, 3.63) is 63.5 Å². The molecule has 0 bridgehead atoms. The van der Waals surface area contributed by atoms with Gasteiger partial charge in [0.1, 0.15) is 23.9 Å². The summed E-state index contributed by atoms with van der Waals surface area (Å²) in [5.41, 5.74) is 7.29. The molecule has 0 aliphatic rings. The van der Waals surface area contributed by atoms with Crippen molar-refractivity contribution >= 4 is 11.5 Å². The zero-order valence-electron chi connectivity index (χ0n) is 11.4. The summed E-state index contributed by atoms with van der Waals surface area (Å²) < 4.78 is 5.63. The van der Waals surface area contributed by atoms with Crippen molar-refractivity contribution in [2.24, 2.45) is 5.73 Å². The lowest BCUT2D eigenvalue weighted by Crippen LogP contribution is -2.13. The maximum atomic E-state index is 10.7. The Labute approximate surface area is 121 Å². The van der Waals surface area contributed by atoms with E-state index in [1.807, 2.05) is 0 Å². The topological polar surface area (TPSA) is 115 Å². The monoisotopic (exact) mass is 286 g/mol. The number of hydrogen-bond donors (Lipinski definition) is 2. The first-order chi connectivity index (χ1) is 9.97. The van der Waals surface area contributed by atoms with Crippen LogP contribution in [-0.2, 0) is 6.61 Å². The van der Waals surface area contributed by atoms with Gasteiger partial charge < -0.3 is 10.5 Å². The highest BCUT2D eigenvalue weighted by atomic mass is 16.6. The van der Waals surface area contributed by atoms with Crippen molar-refractivity contribution < 1.29 is 9.66 Å². The van der Waals surface area contributed by atoms with Crippen molar-refractivity contribution in [2.75, 3.05) is 0 Å². The zero-order valence-corrected chi connectivity index (χ0v) is 11.4. The van der Waals surface area contributed by atoms with Gasteiger partial charge in [0.15, 0.2) is 0 Å². The highest BCUT2D eigenvalue weighted by molar-refractivity contribution is 5.93. The normalized spacial score (nSPS) is 10.1. The highest BCUT2D eigenvalue weighted by Crippen LogP contribution is 2.24. The molecule has 3 N–H and O–H groups in total. The summed E-state index contributed by atoms with van der Waals surface area (Å²) in [5, 5.41) is 18.0. The maximum Gasteiger partial charge on any atom is 0.269 e. The second-order valence-corrected chi connectivity index (χ2v) is 4.46. The van der Waals surface area contributed by atoms with E-state index in [4.69, 9.17) is 15.9 Å². The summed E-state index contributed by atoms with van der Waals surface area (Å²) in [5.74, 6) is 0.463. The van der Waals surface area contributed by atoms with Gasteiger partial charge in [-0.15, -0.1) is 0 Å². The lowest BCUT2D eigenvalue weighted by Gasteiger charge is -2.09. The molecule has 21 heavy (non-hydrogen) atoms. The molecule has 7 heteroatoms. The van der Waals surface area contributed by atoms with Gasteiger partial charge in [0, 0.05) is 18.3 Å². The molecule has 0 fully saturated rings. The van der Waals surface area contributed by atoms with Crippen molar-refractivity contribution in [3.63, 3.8) is 0 Å². The fraction of sp³-hybridized carbons (Fsp3) is 0.143. The molecule has 0 aliphatic heterocycles. The maximum absolute atomic E-state index is 10.7. The average molecular weight is 286 g/mol. The number of nitro benzene ring substituents is 1. The summed E-state index contributed by atoms with van der Waals surface area (Å²) in [7, 11) is 0. The molecule has 1 aromatic carbocycles. The predicted octanol–water partition coefficient (Wildman–Crippen LogP) is 2.16. The van der Waals surface area contributed by atoms with Crippen LogP contribution >= 0.6 is 0 Å². The highest BCUT2D eigenvalue weighted by Gasteiger charge is 2.09. The second kappa shape index (κ2) is 6.00. The molecule has 0 spiro atoms. The number of rotatable bonds is 5. The minimum Gasteiger partial charge on any atom is -0.489 e. The van der Waals surface area contributed by atoms with E-state index in [9.17, 15) is 10.1 Å². The molecular formula is C14H14N4O3. The van der Waals surface area contributed by atoms with Crippen molar-refractivity contribution in [1.82, 2.24) is 4.98 Å². The third-order valence-corrected chi connectivity index (χ3v) is 2.86. The molecule has 0 saturated carbocycles. The molecule has 108 valence electrons. The van der Waals surface area contributed by atoms with E-state index in [1.54, 1.807) is 31.3 Å². The van der Waals surface area contributed by atoms with Gasteiger partial charge in [0.05, 0.1) is 4.92 Å². The molecule has 0 amide bonds. The fourth-order valence-corrected chi connectivity index (χ4v) is 1.78. The Hall–Kier alpha value is -2.96. The van der Waals surface area contributed by atoms with E-state index in [2.05, 4.69) is 4.98 Å². The number of amidine groups is 1. The number of nitrogens with zero attached hydrogens (tertiary/aromatic N) is 2. The number of nitrogens with two attached hydrogens (primary N) is 1. The van der Waals surface area contributed by atoms with Gasteiger partial charge >= 0.3 is 0 Å². The van der Waals surface area contributed by atoms with Gasteiger partial charge in [0.25, 0.3) is 5.69 Å². The van der Waals surface area contributed by atoms with Crippen molar-refractivity contribution in [1.29, 1.82) is 5.41 Å². The SMILES string of the molecule is Cc1cc([N+](=O)[O-])ccc1OCc1ccnc(C(=N)N)c1. The zero-order chi connectivity index (χ0) is 15.4. The first-order valence-electron chi connectivity index (χ1n) is 6.14. The summed E-state index contributed by atoms with van der Waals surface area (Å²) in [6.45, 7) is 2.01. The molecule has 0 saturated heterocycles. The summed E-state index contributed by atoms with van der Waals surface area (Å²) in [6, 6.07) is 7.86. The summed E-state index contributed by atoms with van der Waals surface area (Å²) in [6.07, 6.45) is 1.55. The molecule has 0 aliphatic carbocycles. The van der Waals surface area contributed by atoms with E-state index < -0.39 is 4.92 Å². The largest absolute Gasteiger partial charge is 0.489 e. The van der Waals surface area contributed by atoms with Crippen LogP contribution in [0.2, 0.25) is 0 Å². The predicted molar refractivity (Wildman–Crippen MR) is 77.4 cm³/mol. The molecule has 0 radical (unpaired) electrons. The van der Waals surface area contributed by atoms with E-state index in [0.717, 1.165) is 5.56 Å². The van der Waals surface area contributed by atoms with Crippen LogP contribution in [0.5, 0.6) is 5.75 Å². The molecule has 2 aromatic rings. The smallest absolute Gasteiger partial charge is 0.269 e. The molecule has 2 rings (SSSR count). The van der Waals surface area contributed by atoms with Crippen LogP contribution in [-0.4, -0.2) is 15.7 Å². The number of hydrogen-bond acceptors (Lipinski definition) is 5. The third kappa shape index (κ3) is 3.53. The lowest BCUT2D eigenvalue weighted by atomic mass is 10.2. The summed E-state index contributed by atoms with van der Waals surface area (Å²) >= 11 is 0. The molecular weight excluding hydrogens is 272 g/mol. The quantitative estimate of drug-likeness (QED) is 0.378. The van der Waals surface area contributed by atoms with Gasteiger partial charge in [-0.1, -0.05) is 0 Å². The Morgan fingerprint density at radius 2 is 2.19 bits per heavy atom. The fourth-order valence-electron chi connectivity index (χ4n) is 1.78. The minimum absolute atomic E-state index is 0.0302.